The monoisotopic (exact) mass is 250 g/mol. The summed E-state index contributed by atoms with van der Waals surface area (Å²) >= 11 is 1.42. The van der Waals surface area contributed by atoms with E-state index in [9.17, 15) is 10.1 Å². The Bertz CT molecular complexity index is 513. The van der Waals surface area contributed by atoms with Crippen molar-refractivity contribution in [3.63, 3.8) is 0 Å². The predicted molar refractivity (Wildman–Crippen MR) is 68.3 cm³/mol. The first-order valence-corrected chi connectivity index (χ1v) is 5.89. The molecule has 17 heavy (non-hydrogen) atoms. The molecule has 1 aromatic carbocycles. The Labute approximate surface area is 102 Å². The largest absolute Gasteiger partial charge is 0.377 e. The van der Waals surface area contributed by atoms with Gasteiger partial charge >= 0.3 is 0 Å². The molecule has 1 heterocycles. The number of nitrogens with zero attached hydrogens (tertiary/aromatic N) is 3. The Morgan fingerprint density at radius 1 is 1.47 bits per heavy atom. The van der Waals surface area contributed by atoms with Gasteiger partial charge in [0.05, 0.1) is 10.6 Å². The Hall–Kier alpha value is -1.89. The summed E-state index contributed by atoms with van der Waals surface area (Å²) in [5.41, 5.74) is 7.28. The maximum absolute atomic E-state index is 10.6. The molecule has 0 saturated carbocycles. The summed E-state index contributed by atoms with van der Waals surface area (Å²) in [6.07, 6.45) is 0.561. The summed E-state index contributed by atoms with van der Waals surface area (Å²) in [6.45, 7) is 0. The third-order valence-corrected chi connectivity index (χ3v) is 3.06. The van der Waals surface area contributed by atoms with Crippen LogP contribution in [0, 0.1) is 10.1 Å². The Kier molecular flexibility index (Phi) is 3.38. The maximum Gasteiger partial charge on any atom is 0.269 e. The molecule has 1 aliphatic heterocycles. The summed E-state index contributed by atoms with van der Waals surface area (Å²) < 4.78 is 0. The third kappa shape index (κ3) is 3.04. The van der Waals surface area contributed by atoms with E-state index in [-0.39, 0.29) is 5.69 Å². The van der Waals surface area contributed by atoms with Crippen LogP contribution in [0.25, 0.3) is 0 Å². The molecular weight excluding hydrogens is 240 g/mol. The molecule has 7 heteroatoms. The highest BCUT2D eigenvalue weighted by atomic mass is 32.2. The van der Waals surface area contributed by atoms with Crippen LogP contribution in [0.3, 0.4) is 0 Å². The van der Waals surface area contributed by atoms with Crippen molar-refractivity contribution in [3.05, 3.63) is 39.9 Å². The number of non-ortho nitro benzene ring substituents is 1. The number of hydrogen-bond acceptors (Lipinski definition) is 6. The van der Waals surface area contributed by atoms with Crippen LogP contribution in [0.4, 0.5) is 5.69 Å². The summed E-state index contributed by atoms with van der Waals surface area (Å²) in [5, 5.41) is 18.8. The highest BCUT2D eigenvalue weighted by molar-refractivity contribution is 8.14. The number of hydrogen-bond donors (Lipinski definition) is 1. The molecule has 0 aliphatic carbocycles. The van der Waals surface area contributed by atoms with Crippen molar-refractivity contribution in [1.82, 2.24) is 0 Å². The van der Waals surface area contributed by atoms with Gasteiger partial charge in [0, 0.05) is 24.3 Å². The number of nitro benzene ring substituents is 1. The molecule has 0 radical (unpaired) electrons. The molecule has 88 valence electrons. The molecule has 0 aromatic heterocycles. The van der Waals surface area contributed by atoms with E-state index in [0.29, 0.717) is 17.3 Å². The van der Waals surface area contributed by atoms with Crippen molar-refractivity contribution in [1.29, 1.82) is 0 Å². The molecule has 1 aromatic rings. The summed E-state index contributed by atoms with van der Waals surface area (Å²) in [4.78, 5) is 10.2. The van der Waals surface area contributed by atoms with Gasteiger partial charge < -0.3 is 5.73 Å². The molecular formula is C10H10N4O2S. The predicted octanol–water partition coefficient (Wildman–Crippen LogP) is 1.55. The molecule has 0 saturated heterocycles. The number of nitro groups is 1. The number of rotatable bonds is 3. The van der Waals surface area contributed by atoms with Gasteiger partial charge in [-0.2, -0.15) is 5.10 Å². The minimum Gasteiger partial charge on any atom is -0.377 e. The molecule has 2 N–H and O–H groups in total. The van der Waals surface area contributed by atoms with Gasteiger partial charge in [-0.1, -0.05) is 23.9 Å². The zero-order valence-corrected chi connectivity index (χ0v) is 9.68. The van der Waals surface area contributed by atoms with Crippen molar-refractivity contribution in [3.8, 4) is 0 Å². The van der Waals surface area contributed by atoms with E-state index in [1.807, 2.05) is 6.07 Å². The molecule has 0 amide bonds. The fraction of sp³-hybridized carbons (Fsp3) is 0.200. The minimum absolute atomic E-state index is 0.0922. The smallest absolute Gasteiger partial charge is 0.269 e. The van der Waals surface area contributed by atoms with Crippen LogP contribution in [0.1, 0.15) is 5.56 Å². The van der Waals surface area contributed by atoms with Gasteiger partial charge in [-0.3, -0.25) is 10.1 Å². The highest BCUT2D eigenvalue weighted by Crippen LogP contribution is 2.16. The van der Waals surface area contributed by atoms with E-state index in [2.05, 4.69) is 10.2 Å². The van der Waals surface area contributed by atoms with Crippen molar-refractivity contribution in [2.24, 2.45) is 15.9 Å². The molecule has 0 fully saturated rings. The van der Waals surface area contributed by atoms with Crippen molar-refractivity contribution >= 4 is 28.3 Å². The number of thioether (sulfide) groups is 1. The lowest BCUT2D eigenvalue weighted by atomic mass is 10.1. The Morgan fingerprint density at radius 2 is 2.29 bits per heavy atom. The van der Waals surface area contributed by atoms with Gasteiger partial charge in [-0.05, 0) is 5.56 Å². The fourth-order valence-electron chi connectivity index (χ4n) is 1.44. The van der Waals surface area contributed by atoms with Gasteiger partial charge in [0.1, 0.15) is 0 Å². The van der Waals surface area contributed by atoms with Crippen molar-refractivity contribution in [2.45, 2.75) is 6.42 Å². The minimum atomic E-state index is -0.406. The summed E-state index contributed by atoms with van der Waals surface area (Å²) in [5.74, 6) is 0.679. The van der Waals surface area contributed by atoms with E-state index in [1.54, 1.807) is 12.1 Å². The molecule has 0 spiro atoms. The fourth-order valence-corrected chi connectivity index (χ4v) is 2.01. The average Bonchev–Trinajstić information content (AvgIpc) is 2.32. The van der Waals surface area contributed by atoms with Crippen LogP contribution in [-0.2, 0) is 6.42 Å². The molecule has 6 nitrogen and oxygen atoms in total. The van der Waals surface area contributed by atoms with Crippen LogP contribution >= 0.6 is 11.8 Å². The van der Waals surface area contributed by atoms with Crippen molar-refractivity contribution in [2.75, 3.05) is 5.75 Å². The molecule has 0 unspecified atom stereocenters. The Morgan fingerprint density at radius 3 is 2.94 bits per heavy atom. The first kappa shape index (κ1) is 11.6. The van der Waals surface area contributed by atoms with Crippen LogP contribution < -0.4 is 5.73 Å². The topological polar surface area (TPSA) is 93.9 Å². The second kappa shape index (κ2) is 4.96. The van der Waals surface area contributed by atoms with Crippen LogP contribution in [-0.4, -0.2) is 21.6 Å². The quantitative estimate of drug-likeness (QED) is 0.650. The van der Waals surface area contributed by atoms with E-state index < -0.39 is 4.92 Å². The first-order valence-electron chi connectivity index (χ1n) is 4.90. The van der Waals surface area contributed by atoms with Crippen LogP contribution in [0.2, 0.25) is 0 Å². The highest BCUT2D eigenvalue weighted by Gasteiger charge is 2.11. The Balaban J connectivity index is 2.14. The molecule has 0 bridgehead atoms. The second-order valence-corrected chi connectivity index (χ2v) is 4.49. The van der Waals surface area contributed by atoms with E-state index >= 15 is 0 Å². The zero-order valence-electron chi connectivity index (χ0n) is 8.87. The molecule has 1 aliphatic rings. The molecule has 2 rings (SSSR count). The van der Waals surface area contributed by atoms with Crippen LogP contribution in [0.15, 0.2) is 34.5 Å². The van der Waals surface area contributed by atoms with E-state index in [1.165, 1.54) is 17.8 Å². The average molecular weight is 250 g/mol. The first-order chi connectivity index (χ1) is 8.15. The lowest BCUT2D eigenvalue weighted by Gasteiger charge is -2.08. The lowest BCUT2D eigenvalue weighted by Crippen LogP contribution is -2.17. The number of nitrogens with two attached hydrogens (primary N) is 1. The maximum atomic E-state index is 10.6. The normalized spacial score (nSPS) is 15.1. The lowest BCUT2D eigenvalue weighted by molar-refractivity contribution is -0.384. The second-order valence-electron chi connectivity index (χ2n) is 3.50. The van der Waals surface area contributed by atoms with Gasteiger partial charge in [0.15, 0.2) is 5.17 Å². The van der Waals surface area contributed by atoms with Gasteiger partial charge in [0.2, 0.25) is 0 Å². The summed E-state index contributed by atoms with van der Waals surface area (Å²) in [7, 11) is 0. The van der Waals surface area contributed by atoms with E-state index in [0.717, 1.165) is 11.3 Å². The van der Waals surface area contributed by atoms with E-state index in [4.69, 9.17) is 5.73 Å². The van der Waals surface area contributed by atoms with Gasteiger partial charge in [-0.15, -0.1) is 5.10 Å². The number of benzene rings is 1. The molecule has 0 atom stereocenters. The summed E-state index contributed by atoms with van der Waals surface area (Å²) in [6, 6.07) is 6.52. The van der Waals surface area contributed by atoms with Crippen molar-refractivity contribution < 1.29 is 4.92 Å². The van der Waals surface area contributed by atoms with Gasteiger partial charge in [0.25, 0.3) is 5.69 Å². The third-order valence-electron chi connectivity index (χ3n) is 2.21. The van der Waals surface area contributed by atoms with Gasteiger partial charge in [-0.25, -0.2) is 0 Å². The zero-order chi connectivity index (χ0) is 12.3. The SMILES string of the molecule is NC1=NN=C(Cc2cccc([N+](=O)[O-])c2)CS1. The number of amidine groups is 1. The standard InChI is InChI=1S/C10H10N4O2S/c11-10-13-12-8(6-17-10)4-7-2-1-3-9(5-7)14(15)16/h1-3,5H,4,6H2,(H2,11,13). The van der Waals surface area contributed by atoms with Crippen LogP contribution in [0.5, 0.6) is 0 Å².